The van der Waals surface area contributed by atoms with Crippen molar-refractivity contribution in [2.75, 3.05) is 54.1 Å². The monoisotopic (exact) mass is 599 g/mol. The van der Waals surface area contributed by atoms with Crippen LogP contribution in [0.2, 0.25) is 0 Å². The lowest BCUT2D eigenvalue weighted by Crippen LogP contribution is -2.37. The Balaban J connectivity index is 2.13. The van der Waals surface area contributed by atoms with Gasteiger partial charge < -0.3 is 27.9 Å². The zero-order chi connectivity index (χ0) is 30.1. The molecule has 0 saturated heterocycles. The van der Waals surface area contributed by atoms with Crippen LogP contribution in [0.15, 0.2) is 30.3 Å². The zero-order valence-electron chi connectivity index (χ0n) is 26.9. The van der Waals surface area contributed by atoms with Crippen LogP contribution >= 0.6 is 7.82 Å². The van der Waals surface area contributed by atoms with Crippen LogP contribution in [0, 0.1) is 0 Å². The van der Waals surface area contributed by atoms with Crippen molar-refractivity contribution in [2.24, 2.45) is 0 Å². The van der Waals surface area contributed by atoms with Crippen LogP contribution in [0.1, 0.15) is 115 Å². The first kappa shape index (κ1) is 38.2. The van der Waals surface area contributed by atoms with E-state index in [9.17, 15) is 9.46 Å². The van der Waals surface area contributed by atoms with Crippen LogP contribution in [-0.4, -0.2) is 64.7 Å². The molecule has 0 saturated carbocycles. The van der Waals surface area contributed by atoms with Gasteiger partial charge in [0.15, 0.2) is 0 Å². The fourth-order valence-corrected chi connectivity index (χ4v) is 5.27. The predicted octanol–water partition coefficient (Wildman–Crippen LogP) is 8.06. The average molecular weight is 600 g/mol. The summed E-state index contributed by atoms with van der Waals surface area (Å²) in [6.07, 6.45) is 20.9. The molecule has 0 aliphatic carbocycles. The molecule has 7 nitrogen and oxygen atoms in total. The number of rotatable bonds is 29. The fourth-order valence-electron chi connectivity index (χ4n) is 4.54. The molecule has 1 rings (SSSR count). The third-order valence-corrected chi connectivity index (χ3v) is 8.17. The molecule has 41 heavy (non-hydrogen) atoms. The second-order valence-corrected chi connectivity index (χ2v) is 13.8. The van der Waals surface area contributed by atoms with Crippen molar-refractivity contribution >= 4 is 7.82 Å². The average Bonchev–Trinajstić information content (AvgIpc) is 2.93. The molecular formula is C33H62NO6P. The van der Waals surface area contributed by atoms with Crippen LogP contribution in [0.4, 0.5) is 0 Å². The summed E-state index contributed by atoms with van der Waals surface area (Å²) in [5.41, 5.74) is 1.01. The maximum atomic E-state index is 12.2. The molecular weight excluding hydrogens is 537 g/mol. The number of phosphoric acid groups is 1. The van der Waals surface area contributed by atoms with Crippen molar-refractivity contribution in [3.63, 3.8) is 0 Å². The molecule has 1 aromatic rings. The van der Waals surface area contributed by atoms with Gasteiger partial charge >= 0.3 is 0 Å². The van der Waals surface area contributed by atoms with Crippen LogP contribution in [0.5, 0.6) is 0 Å². The first-order valence-corrected chi connectivity index (χ1v) is 17.8. The molecule has 0 N–H and O–H groups in total. The summed E-state index contributed by atoms with van der Waals surface area (Å²) >= 11 is 0. The van der Waals surface area contributed by atoms with Crippen molar-refractivity contribution in [1.29, 1.82) is 0 Å². The minimum Gasteiger partial charge on any atom is -0.756 e. The second kappa shape index (κ2) is 24.6. The Morgan fingerprint density at radius 2 is 1.22 bits per heavy atom. The number of likely N-dealkylation sites (N-methyl/N-ethyl adjacent to an activating group) is 1. The third kappa shape index (κ3) is 25.4. The van der Waals surface area contributed by atoms with E-state index >= 15 is 0 Å². The lowest BCUT2D eigenvalue weighted by Gasteiger charge is -2.28. The Hall–Kier alpha value is -0.790. The molecule has 8 heteroatoms. The molecule has 0 aliphatic rings. The molecule has 0 radical (unpaired) electrons. The minimum atomic E-state index is -4.40. The second-order valence-electron chi connectivity index (χ2n) is 12.4. The van der Waals surface area contributed by atoms with E-state index in [0.717, 1.165) is 18.4 Å². The van der Waals surface area contributed by atoms with Gasteiger partial charge in [-0.2, -0.15) is 0 Å². The third-order valence-electron chi connectivity index (χ3n) is 7.20. The quantitative estimate of drug-likeness (QED) is 0.0527. The largest absolute Gasteiger partial charge is 0.756 e. The van der Waals surface area contributed by atoms with Crippen molar-refractivity contribution in [1.82, 2.24) is 0 Å². The standard InChI is InChI=1S/C33H62NO6P/c1-5-6-7-8-9-10-11-12-13-14-15-16-17-18-19-23-27-37-30-33(38-29-32-24-21-20-22-25-32)31-40-41(35,36)39-28-26-34(2,3)4/h20-22,24-25,33H,5-19,23,26-31H2,1-4H3/t33-/m1/s1. The van der Waals surface area contributed by atoms with Gasteiger partial charge in [0, 0.05) is 6.61 Å². The van der Waals surface area contributed by atoms with Gasteiger partial charge in [-0.15, -0.1) is 0 Å². The molecule has 0 amide bonds. The van der Waals surface area contributed by atoms with Crippen LogP contribution in [0.3, 0.4) is 0 Å². The van der Waals surface area contributed by atoms with Crippen molar-refractivity contribution in [3.8, 4) is 0 Å². The Morgan fingerprint density at radius 1 is 0.707 bits per heavy atom. The van der Waals surface area contributed by atoms with E-state index in [1.165, 1.54) is 89.9 Å². The maximum Gasteiger partial charge on any atom is 0.268 e. The molecule has 0 aliphatic heterocycles. The number of ether oxygens (including phenoxy) is 2. The summed E-state index contributed by atoms with van der Waals surface area (Å²) in [6, 6.07) is 9.80. The van der Waals surface area contributed by atoms with Crippen molar-refractivity contribution < 1.29 is 32.5 Å². The molecule has 2 atom stereocenters. The van der Waals surface area contributed by atoms with Gasteiger partial charge in [0.25, 0.3) is 7.82 Å². The molecule has 1 aromatic carbocycles. The van der Waals surface area contributed by atoms with E-state index in [1.807, 2.05) is 51.5 Å². The van der Waals surface area contributed by atoms with Crippen molar-refractivity contribution in [2.45, 2.75) is 122 Å². The van der Waals surface area contributed by atoms with Gasteiger partial charge in [-0.3, -0.25) is 4.57 Å². The predicted molar refractivity (Wildman–Crippen MR) is 168 cm³/mol. The number of benzene rings is 1. The Bertz CT molecular complexity index is 758. The molecule has 0 aromatic heterocycles. The Morgan fingerprint density at radius 3 is 1.73 bits per heavy atom. The highest BCUT2D eigenvalue weighted by atomic mass is 31.2. The van der Waals surface area contributed by atoms with E-state index < -0.39 is 13.9 Å². The van der Waals surface area contributed by atoms with E-state index in [4.69, 9.17) is 18.5 Å². The minimum absolute atomic E-state index is 0.0789. The van der Waals surface area contributed by atoms with Gasteiger partial charge in [0.1, 0.15) is 19.3 Å². The number of nitrogens with zero attached hydrogens (tertiary/aromatic N) is 1. The van der Waals surface area contributed by atoms with Crippen molar-refractivity contribution in [3.05, 3.63) is 35.9 Å². The normalized spacial score (nSPS) is 14.3. The highest BCUT2D eigenvalue weighted by Crippen LogP contribution is 2.38. The number of phosphoric ester groups is 1. The smallest absolute Gasteiger partial charge is 0.268 e. The van der Waals surface area contributed by atoms with Crippen LogP contribution < -0.4 is 4.89 Å². The van der Waals surface area contributed by atoms with Gasteiger partial charge in [0.05, 0.1) is 41.0 Å². The summed E-state index contributed by atoms with van der Waals surface area (Å²) in [5, 5.41) is 0. The van der Waals surface area contributed by atoms with E-state index in [-0.39, 0.29) is 19.8 Å². The number of quaternary nitrogens is 1. The molecule has 0 bridgehead atoms. The molecule has 0 spiro atoms. The summed E-state index contributed by atoms with van der Waals surface area (Å²) in [7, 11) is 1.53. The van der Waals surface area contributed by atoms with Crippen LogP contribution in [-0.2, 0) is 29.7 Å². The van der Waals surface area contributed by atoms with Gasteiger partial charge in [-0.25, -0.2) is 0 Å². The van der Waals surface area contributed by atoms with Gasteiger partial charge in [-0.05, 0) is 12.0 Å². The fraction of sp³-hybridized carbons (Fsp3) is 0.818. The summed E-state index contributed by atoms with van der Waals surface area (Å²) in [6.45, 7) is 4.07. The number of hydrogen-bond donors (Lipinski definition) is 0. The summed E-state index contributed by atoms with van der Waals surface area (Å²) in [4.78, 5) is 12.2. The highest BCUT2D eigenvalue weighted by molar-refractivity contribution is 7.45. The number of unbranched alkanes of at least 4 members (excludes halogenated alkanes) is 15. The number of hydrogen-bond acceptors (Lipinski definition) is 6. The van der Waals surface area contributed by atoms with E-state index in [2.05, 4.69) is 6.92 Å². The molecule has 1 unspecified atom stereocenters. The Kier molecular flexibility index (Phi) is 23.0. The molecule has 0 fully saturated rings. The Labute approximate surface area is 252 Å². The van der Waals surface area contributed by atoms with Crippen LogP contribution in [0.25, 0.3) is 0 Å². The van der Waals surface area contributed by atoms with Gasteiger partial charge in [-0.1, -0.05) is 134 Å². The lowest BCUT2D eigenvalue weighted by atomic mass is 10.0. The highest BCUT2D eigenvalue weighted by Gasteiger charge is 2.18. The summed E-state index contributed by atoms with van der Waals surface area (Å²) in [5.74, 6) is 0. The zero-order valence-corrected chi connectivity index (χ0v) is 27.8. The lowest BCUT2D eigenvalue weighted by molar-refractivity contribution is -0.870. The molecule has 240 valence electrons. The first-order valence-electron chi connectivity index (χ1n) is 16.4. The first-order chi connectivity index (χ1) is 19.7. The van der Waals surface area contributed by atoms with Gasteiger partial charge in [0.2, 0.25) is 0 Å². The van der Waals surface area contributed by atoms with E-state index in [1.54, 1.807) is 0 Å². The van der Waals surface area contributed by atoms with E-state index in [0.29, 0.717) is 24.2 Å². The molecule has 0 heterocycles. The maximum absolute atomic E-state index is 12.2. The SMILES string of the molecule is CCCCCCCCCCCCCCCCCCOC[C@H](COP(=O)([O-])OCC[N+](C)(C)C)OCc1ccccc1. The summed E-state index contributed by atoms with van der Waals surface area (Å²) < 4.78 is 34.8. The topological polar surface area (TPSA) is 77.1 Å².